The summed E-state index contributed by atoms with van der Waals surface area (Å²) >= 11 is 0.331. The quantitative estimate of drug-likeness (QED) is 0.400. The van der Waals surface area contributed by atoms with Gasteiger partial charge in [-0.2, -0.15) is 0 Å². The lowest BCUT2D eigenvalue weighted by Crippen LogP contribution is -1.76. The van der Waals surface area contributed by atoms with Crippen LogP contribution in [0, 0.1) is 23.0 Å². The minimum Gasteiger partial charge on any atom is -0.341 e. The van der Waals surface area contributed by atoms with Crippen LogP contribution < -0.4 is 0 Å². The van der Waals surface area contributed by atoms with E-state index in [1.54, 1.807) is 12.5 Å². The van der Waals surface area contributed by atoms with Gasteiger partial charge in [0, 0.05) is 19.4 Å². The molecule has 1 heterocycles. The predicted molar refractivity (Wildman–Crippen MR) is 44.2 cm³/mol. The third kappa shape index (κ3) is 8.04. The summed E-state index contributed by atoms with van der Waals surface area (Å²) in [6.45, 7) is 0. The highest BCUT2D eigenvalue weighted by atomic mass is 32.2. The Labute approximate surface area is 79.7 Å². The molecule has 6 nitrogen and oxygen atoms in total. The van der Waals surface area contributed by atoms with Gasteiger partial charge in [-0.05, 0) is 0 Å². The SMILES string of the molecule is Cn1ccnc1.N#COSOC#N. The fraction of sp³-hybridized carbons (Fsp3) is 0.167. The monoisotopic (exact) mass is 198 g/mol. The van der Waals surface area contributed by atoms with Gasteiger partial charge in [-0.25, -0.2) is 4.98 Å². The standard InChI is InChI=1S/C4H6N2.C2N2O2S/c1-6-3-2-5-4-6;3-1-5-7-6-2-4/h2-4H,1H3;. The molecule has 1 aromatic rings. The first-order chi connectivity index (χ1) is 6.31. The summed E-state index contributed by atoms with van der Waals surface area (Å²) < 4.78 is 9.59. The first-order valence-corrected chi connectivity index (χ1v) is 3.67. The normalized spacial score (nSPS) is 7.00. The maximum absolute atomic E-state index is 7.61. The van der Waals surface area contributed by atoms with Crippen molar-refractivity contribution in [2.75, 3.05) is 0 Å². The molecule has 0 saturated heterocycles. The number of aromatic nitrogens is 2. The second-order valence-corrected chi connectivity index (χ2v) is 2.11. The van der Waals surface area contributed by atoms with Crippen LogP contribution in [0.1, 0.15) is 0 Å². The molecule has 0 spiro atoms. The maximum atomic E-state index is 7.61. The number of imidazole rings is 1. The van der Waals surface area contributed by atoms with Crippen molar-refractivity contribution < 1.29 is 8.37 Å². The van der Waals surface area contributed by atoms with E-state index in [9.17, 15) is 0 Å². The summed E-state index contributed by atoms with van der Waals surface area (Å²) in [7, 11) is 1.94. The van der Waals surface area contributed by atoms with E-state index in [0.717, 1.165) is 0 Å². The van der Waals surface area contributed by atoms with Gasteiger partial charge in [0.25, 0.3) is 0 Å². The highest BCUT2D eigenvalue weighted by molar-refractivity contribution is 7.90. The predicted octanol–water partition coefficient (Wildman–Crippen LogP) is 0.965. The van der Waals surface area contributed by atoms with E-state index in [1.165, 1.54) is 12.5 Å². The lowest BCUT2D eigenvalue weighted by atomic mass is 10.9. The summed E-state index contributed by atoms with van der Waals surface area (Å²) in [6.07, 6.45) is 7.97. The molecule has 0 aromatic carbocycles. The zero-order valence-corrected chi connectivity index (χ0v) is 7.56. The van der Waals surface area contributed by atoms with Crippen LogP contribution in [0.4, 0.5) is 0 Å². The molecule has 0 aliphatic carbocycles. The van der Waals surface area contributed by atoms with Crippen molar-refractivity contribution in [2.24, 2.45) is 7.05 Å². The number of hydrogen-bond donors (Lipinski definition) is 0. The van der Waals surface area contributed by atoms with Gasteiger partial charge in [0.15, 0.2) is 0 Å². The first kappa shape index (κ1) is 11.1. The Morgan fingerprint density at radius 3 is 2.23 bits per heavy atom. The number of hydrogen-bond acceptors (Lipinski definition) is 6. The smallest absolute Gasteiger partial charge is 0.316 e. The van der Waals surface area contributed by atoms with Crippen molar-refractivity contribution in [3.63, 3.8) is 0 Å². The van der Waals surface area contributed by atoms with Crippen molar-refractivity contribution >= 4 is 12.3 Å². The van der Waals surface area contributed by atoms with E-state index < -0.39 is 0 Å². The Hall–Kier alpha value is -1.86. The van der Waals surface area contributed by atoms with Gasteiger partial charge >= 0.3 is 24.8 Å². The van der Waals surface area contributed by atoms with Crippen LogP contribution in [-0.4, -0.2) is 9.55 Å². The lowest BCUT2D eigenvalue weighted by Gasteiger charge is -1.79. The highest BCUT2D eigenvalue weighted by Crippen LogP contribution is 1.98. The molecule has 13 heavy (non-hydrogen) atoms. The van der Waals surface area contributed by atoms with Crippen LogP contribution in [0.15, 0.2) is 18.7 Å². The molecule has 0 fully saturated rings. The number of aryl methyl sites for hydroxylation is 1. The topological polar surface area (TPSA) is 83.9 Å². The third-order valence-electron chi connectivity index (χ3n) is 0.779. The van der Waals surface area contributed by atoms with Crippen molar-refractivity contribution in [3.8, 4) is 12.5 Å². The second-order valence-electron chi connectivity index (χ2n) is 1.65. The van der Waals surface area contributed by atoms with Gasteiger partial charge in [-0.3, -0.25) is 0 Å². The summed E-state index contributed by atoms with van der Waals surface area (Å²) in [6, 6.07) is 0. The molecule has 68 valence electrons. The molecule has 0 radical (unpaired) electrons. The molecule has 0 aliphatic heterocycles. The zero-order chi connectivity index (χ0) is 9.94. The largest absolute Gasteiger partial charge is 0.341 e. The van der Waals surface area contributed by atoms with Crippen molar-refractivity contribution in [1.29, 1.82) is 10.5 Å². The van der Waals surface area contributed by atoms with E-state index in [4.69, 9.17) is 10.5 Å². The van der Waals surface area contributed by atoms with Crippen LogP contribution in [0.25, 0.3) is 0 Å². The van der Waals surface area contributed by atoms with Crippen molar-refractivity contribution in [2.45, 2.75) is 0 Å². The third-order valence-corrected chi connectivity index (χ3v) is 1.06. The summed E-state index contributed by atoms with van der Waals surface area (Å²) in [5.74, 6) is 0. The highest BCUT2D eigenvalue weighted by Gasteiger charge is 1.80. The molecule has 0 atom stereocenters. The molecule has 7 heteroatoms. The van der Waals surface area contributed by atoms with Crippen LogP contribution >= 0.6 is 12.3 Å². The molecule has 0 N–H and O–H groups in total. The Balaban J connectivity index is 0.000000223. The lowest BCUT2D eigenvalue weighted by molar-refractivity contribution is 0.485. The van der Waals surface area contributed by atoms with E-state index in [1.807, 2.05) is 17.8 Å². The van der Waals surface area contributed by atoms with E-state index in [0.29, 0.717) is 12.3 Å². The zero-order valence-electron chi connectivity index (χ0n) is 6.75. The molecule has 0 bridgehead atoms. The number of rotatable bonds is 2. The van der Waals surface area contributed by atoms with Gasteiger partial charge in [0.05, 0.1) is 6.33 Å². The van der Waals surface area contributed by atoms with Crippen molar-refractivity contribution in [1.82, 2.24) is 9.55 Å². The van der Waals surface area contributed by atoms with E-state index in [2.05, 4.69) is 13.4 Å². The molecule has 0 unspecified atom stereocenters. The van der Waals surface area contributed by atoms with Gasteiger partial charge in [0.2, 0.25) is 0 Å². The minimum absolute atomic E-state index is 0.331. The molecule has 0 saturated carbocycles. The number of nitrogens with zero attached hydrogens (tertiary/aromatic N) is 4. The summed E-state index contributed by atoms with van der Waals surface area (Å²) in [4.78, 5) is 3.78. The first-order valence-electron chi connectivity index (χ1n) is 3.00. The van der Waals surface area contributed by atoms with E-state index >= 15 is 0 Å². The second kappa shape index (κ2) is 8.24. The van der Waals surface area contributed by atoms with Crippen LogP contribution in [-0.2, 0) is 15.4 Å². The molecular formula is C6H6N4O2S. The summed E-state index contributed by atoms with van der Waals surface area (Å²) in [5, 5.41) is 15.2. The van der Waals surface area contributed by atoms with Crippen LogP contribution in [0.3, 0.4) is 0 Å². The molecule has 1 aromatic heterocycles. The average molecular weight is 198 g/mol. The van der Waals surface area contributed by atoms with Gasteiger partial charge in [-0.1, -0.05) is 0 Å². The maximum Gasteiger partial charge on any atom is 0.316 e. The number of nitriles is 2. The Morgan fingerprint density at radius 1 is 1.38 bits per heavy atom. The van der Waals surface area contributed by atoms with Crippen LogP contribution in [0.2, 0.25) is 0 Å². The van der Waals surface area contributed by atoms with Gasteiger partial charge in [-0.15, -0.1) is 10.5 Å². The van der Waals surface area contributed by atoms with Gasteiger partial charge < -0.3 is 12.9 Å². The van der Waals surface area contributed by atoms with E-state index in [-0.39, 0.29) is 0 Å². The Kier molecular flexibility index (Phi) is 7.06. The fourth-order valence-corrected chi connectivity index (χ4v) is 0.468. The molecule has 0 amide bonds. The van der Waals surface area contributed by atoms with Crippen LogP contribution in [0.5, 0.6) is 0 Å². The Morgan fingerprint density at radius 2 is 2.00 bits per heavy atom. The minimum atomic E-state index is 0.331. The van der Waals surface area contributed by atoms with Gasteiger partial charge in [0.1, 0.15) is 0 Å². The van der Waals surface area contributed by atoms with Crippen molar-refractivity contribution in [3.05, 3.63) is 18.7 Å². The molecular weight excluding hydrogens is 192 g/mol. The average Bonchev–Trinajstić information content (AvgIpc) is 2.58. The fourth-order valence-electron chi connectivity index (χ4n) is 0.373. The summed E-state index contributed by atoms with van der Waals surface area (Å²) in [5.41, 5.74) is 0. The molecule has 1 rings (SSSR count). The Bertz CT molecular complexity index is 273. The molecule has 0 aliphatic rings.